The summed E-state index contributed by atoms with van der Waals surface area (Å²) in [4.78, 5) is 9.98. The zero-order valence-corrected chi connectivity index (χ0v) is 5.62. The van der Waals surface area contributed by atoms with Gasteiger partial charge in [-0.15, -0.1) is 0 Å². The van der Waals surface area contributed by atoms with Gasteiger partial charge in [0.2, 0.25) is 0 Å². The molecule has 0 aliphatic carbocycles. The van der Waals surface area contributed by atoms with Crippen LogP contribution in [0.25, 0.3) is 0 Å². The molecule has 3 unspecified atom stereocenters. The van der Waals surface area contributed by atoms with E-state index in [0.29, 0.717) is 12.4 Å². The minimum absolute atomic E-state index is 0.138. The third-order valence-electron chi connectivity index (χ3n) is 2.19. The van der Waals surface area contributed by atoms with Crippen molar-refractivity contribution in [3.05, 3.63) is 0 Å². The van der Waals surface area contributed by atoms with E-state index in [0.717, 1.165) is 19.6 Å². The van der Waals surface area contributed by atoms with Crippen LogP contribution in [-0.4, -0.2) is 37.2 Å². The summed E-state index contributed by atoms with van der Waals surface area (Å²) in [7, 11) is 0. The summed E-state index contributed by atoms with van der Waals surface area (Å²) < 4.78 is 4.87. The summed E-state index contributed by atoms with van der Waals surface area (Å²) >= 11 is 0. The van der Waals surface area contributed by atoms with Gasteiger partial charge in [-0.05, 0) is 0 Å². The highest BCUT2D eigenvalue weighted by atomic mass is 16.5. The van der Waals surface area contributed by atoms with Gasteiger partial charge in [0.1, 0.15) is 6.10 Å². The number of carbonyl (C=O) groups is 1. The molecule has 2 heterocycles. The van der Waals surface area contributed by atoms with Crippen LogP contribution < -0.4 is 5.43 Å². The van der Waals surface area contributed by atoms with Crippen LogP contribution in [0.4, 0.5) is 0 Å². The molecule has 2 fully saturated rings. The molecule has 4 nitrogen and oxygen atoms in total. The number of ether oxygens (including phenoxy) is 1. The Bertz CT molecular complexity index is 151. The summed E-state index contributed by atoms with van der Waals surface area (Å²) in [5.74, 6) is 0.519. The highest BCUT2D eigenvalue weighted by Gasteiger charge is 2.39. The van der Waals surface area contributed by atoms with E-state index in [2.05, 4.69) is 10.4 Å². The van der Waals surface area contributed by atoms with Crippen LogP contribution in [0.5, 0.6) is 0 Å². The van der Waals surface area contributed by atoms with Crippen molar-refractivity contribution in [1.82, 2.24) is 10.4 Å². The van der Waals surface area contributed by atoms with Crippen molar-refractivity contribution >= 4 is 6.47 Å². The van der Waals surface area contributed by atoms with Crippen molar-refractivity contribution in [2.75, 3.05) is 19.6 Å². The van der Waals surface area contributed by atoms with Crippen LogP contribution in [-0.2, 0) is 9.53 Å². The quantitative estimate of drug-likeness (QED) is 0.501. The predicted octanol–water partition coefficient (Wildman–Crippen LogP) is -1.02. The minimum Gasteiger partial charge on any atom is -0.463 e. The third kappa shape index (κ3) is 0.803. The summed E-state index contributed by atoms with van der Waals surface area (Å²) in [6.07, 6.45) is 0.138. The summed E-state index contributed by atoms with van der Waals surface area (Å²) in [5.41, 5.74) is 3.18. The molecule has 0 radical (unpaired) electrons. The van der Waals surface area contributed by atoms with Crippen LogP contribution >= 0.6 is 0 Å². The molecule has 0 saturated carbocycles. The van der Waals surface area contributed by atoms with E-state index < -0.39 is 0 Å². The maximum Gasteiger partial charge on any atom is 0.293 e. The minimum atomic E-state index is 0.138. The number of carbonyl (C=O) groups excluding carboxylic acids is 1. The normalized spacial score (nSPS) is 43.8. The van der Waals surface area contributed by atoms with Gasteiger partial charge in [-0.25, -0.2) is 5.01 Å². The van der Waals surface area contributed by atoms with Crippen molar-refractivity contribution in [3.8, 4) is 0 Å². The molecule has 10 heavy (non-hydrogen) atoms. The molecule has 3 atom stereocenters. The molecule has 1 N–H and O–H groups in total. The van der Waals surface area contributed by atoms with Crippen LogP contribution in [0.15, 0.2) is 0 Å². The van der Waals surface area contributed by atoms with Crippen LogP contribution in [0.2, 0.25) is 0 Å². The molecule has 2 bridgehead atoms. The summed E-state index contributed by atoms with van der Waals surface area (Å²) in [5, 5.41) is 2.10. The fourth-order valence-corrected chi connectivity index (χ4v) is 1.64. The smallest absolute Gasteiger partial charge is 0.293 e. The van der Waals surface area contributed by atoms with Gasteiger partial charge < -0.3 is 4.74 Å². The van der Waals surface area contributed by atoms with Crippen LogP contribution in [0.3, 0.4) is 0 Å². The van der Waals surface area contributed by atoms with E-state index in [1.165, 1.54) is 0 Å². The first-order valence-corrected chi connectivity index (χ1v) is 3.47. The molecular formula is C6H10N2O2. The van der Waals surface area contributed by atoms with Gasteiger partial charge in [0.05, 0.1) is 6.54 Å². The Kier molecular flexibility index (Phi) is 1.35. The van der Waals surface area contributed by atoms with Gasteiger partial charge in [0.15, 0.2) is 0 Å². The Morgan fingerprint density at radius 1 is 1.60 bits per heavy atom. The van der Waals surface area contributed by atoms with Gasteiger partial charge in [-0.2, -0.15) is 0 Å². The molecule has 2 rings (SSSR count). The zero-order chi connectivity index (χ0) is 6.97. The molecule has 0 aromatic rings. The second-order valence-electron chi connectivity index (χ2n) is 2.80. The number of fused-ring (bicyclic) bond motifs is 2. The zero-order valence-electron chi connectivity index (χ0n) is 5.62. The highest BCUT2D eigenvalue weighted by molar-refractivity contribution is 5.37. The van der Waals surface area contributed by atoms with Gasteiger partial charge in [0, 0.05) is 19.0 Å². The Labute approximate surface area is 59.1 Å². The number of hydrogen-bond acceptors (Lipinski definition) is 4. The molecule has 2 aliphatic heterocycles. The molecule has 2 aliphatic rings. The molecule has 4 heteroatoms. The van der Waals surface area contributed by atoms with Crippen LogP contribution in [0, 0.1) is 5.92 Å². The maximum absolute atomic E-state index is 9.98. The lowest BCUT2D eigenvalue weighted by Crippen LogP contribution is -2.40. The molecular weight excluding hydrogens is 132 g/mol. The second kappa shape index (κ2) is 2.21. The molecule has 2 saturated heterocycles. The second-order valence-corrected chi connectivity index (χ2v) is 2.80. The van der Waals surface area contributed by atoms with E-state index in [1.807, 2.05) is 0 Å². The molecule has 0 aromatic heterocycles. The number of rotatable bonds is 2. The summed E-state index contributed by atoms with van der Waals surface area (Å²) in [6.45, 7) is 3.38. The fourth-order valence-electron chi connectivity index (χ4n) is 1.64. The SMILES string of the molecule is O=COC1CN2CC1CN2. The van der Waals surface area contributed by atoms with E-state index in [4.69, 9.17) is 4.74 Å². The third-order valence-corrected chi connectivity index (χ3v) is 2.19. The topological polar surface area (TPSA) is 41.6 Å². The first kappa shape index (κ1) is 6.12. The number of nitrogens with one attached hydrogen (secondary N) is 1. The van der Waals surface area contributed by atoms with Crippen LogP contribution in [0.1, 0.15) is 0 Å². The first-order valence-electron chi connectivity index (χ1n) is 3.47. The molecule has 0 amide bonds. The largest absolute Gasteiger partial charge is 0.463 e. The molecule has 0 aromatic carbocycles. The van der Waals surface area contributed by atoms with E-state index in [9.17, 15) is 4.79 Å². The van der Waals surface area contributed by atoms with Gasteiger partial charge >= 0.3 is 0 Å². The predicted molar refractivity (Wildman–Crippen MR) is 34.0 cm³/mol. The lowest BCUT2D eigenvalue weighted by molar-refractivity contribution is -0.135. The van der Waals surface area contributed by atoms with Crippen molar-refractivity contribution in [3.63, 3.8) is 0 Å². The lowest BCUT2D eigenvalue weighted by atomic mass is 10.1. The Hall–Kier alpha value is -0.610. The standard InChI is InChI=1S/C6H10N2O2/c9-4-10-6-3-8-2-5(6)1-7-8/h4-7H,1-3H2. The van der Waals surface area contributed by atoms with E-state index >= 15 is 0 Å². The Morgan fingerprint density at radius 2 is 2.50 bits per heavy atom. The Balaban J connectivity index is 1.95. The highest BCUT2D eigenvalue weighted by Crippen LogP contribution is 2.22. The molecule has 0 spiro atoms. The van der Waals surface area contributed by atoms with E-state index in [1.54, 1.807) is 0 Å². The average molecular weight is 142 g/mol. The number of hydrazine groups is 1. The van der Waals surface area contributed by atoms with Crippen molar-refractivity contribution < 1.29 is 9.53 Å². The van der Waals surface area contributed by atoms with Gasteiger partial charge in [-0.3, -0.25) is 10.2 Å². The van der Waals surface area contributed by atoms with Gasteiger partial charge in [0.25, 0.3) is 6.47 Å². The number of hydrogen-bond donors (Lipinski definition) is 1. The van der Waals surface area contributed by atoms with Crippen molar-refractivity contribution in [2.45, 2.75) is 6.10 Å². The fraction of sp³-hybridized carbons (Fsp3) is 0.833. The van der Waals surface area contributed by atoms with Crippen molar-refractivity contribution in [2.24, 2.45) is 5.92 Å². The monoisotopic (exact) mass is 142 g/mol. The average Bonchev–Trinajstić information content (AvgIpc) is 2.48. The summed E-state index contributed by atoms with van der Waals surface area (Å²) in [6, 6.07) is 0. The number of nitrogens with zero attached hydrogens (tertiary/aromatic N) is 1. The Morgan fingerprint density at radius 3 is 3.00 bits per heavy atom. The maximum atomic E-state index is 9.98. The first-order chi connectivity index (χ1) is 4.90. The molecule has 56 valence electrons. The lowest BCUT2D eigenvalue weighted by Gasteiger charge is -2.20. The van der Waals surface area contributed by atoms with E-state index in [-0.39, 0.29) is 6.10 Å². The van der Waals surface area contributed by atoms with Crippen molar-refractivity contribution in [1.29, 1.82) is 0 Å². The van der Waals surface area contributed by atoms with Gasteiger partial charge in [-0.1, -0.05) is 0 Å².